The van der Waals surface area contributed by atoms with Gasteiger partial charge < -0.3 is 19.5 Å². The van der Waals surface area contributed by atoms with E-state index in [2.05, 4.69) is 37.2 Å². The third kappa shape index (κ3) is 5.94. The van der Waals surface area contributed by atoms with Crippen LogP contribution in [0.4, 0.5) is 0 Å². The second kappa shape index (κ2) is 11.0. The van der Waals surface area contributed by atoms with Crippen molar-refractivity contribution >= 4 is 29.9 Å². The van der Waals surface area contributed by atoms with E-state index >= 15 is 0 Å². The predicted molar refractivity (Wildman–Crippen MR) is 124 cm³/mol. The van der Waals surface area contributed by atoms with Crippen LogP contribution >= 0.6 is 24.0 Å². The maximum atomic E-state index is 5.35. The summed E-state index contributed by atoms with van der Waals surface area (Å²) in [5.74, 6) is 3.68. The van der Waals surface area contributed by atoms with Crippen LogP contribution in [0.25, 0.3) is 11.6 Å². The molecule has 0 aromatic carbocycles. The molecule has 2 aliphatic rings. The van der Waals surface area contributed by atoms with Gasteiger partial charge >= 0.3 is 0 Å². The molecular formula is C20H32IN7O. The fourth-order valence-corrected chi connectivity index (χ4v) is 4.14. The van der Waals surface area contributed by atoms with Gasteiger partial charge in [-0.15, -0.1) is 29.1 Å². The highest BCUT2D eigenvalue weighted by Crippen LogP contribution is 2.20. The molecule has 0 spiro atoms. The number of hydrogen-bond donors (Lipinski definition) is 2. The largest absolute Gasteiger partial charge is 0.461 e. The third-order valence-corrected chi connectivity index (χ3v) is 5.54. The Hall–Kier alpha value is -1.62. The second-order valence-corrected chi connectivity index (χ2v) is 7.72. The first kappa shape index (κ1) is 22.1. The number of nitrogens with one attached hydrogen (secondary N) is 2. The van der Waals surface area contributed by atoms with Gasteiger partial charge in [-0.3, -0.25) is 5.10 Å². The molecule has 8 nitrogen and oxygen atoms in total. The van der Waals surface area contributed by atoms with Crippen molar-refractivity contribution in [2.24, 2.45) is 10.9 Å². The number of furan rings is 1. The number of aromatic nitrogens is 3. The summed E-state index contributed by atoms with van der Waals surface area (Å²) >= 11 is 0. The van der Waals surface area contributed by atoms with Crippen LogP contribution in [-0.2, 0) is 6.54 Å². The first-order valence-corrected chi connectivity index (χ1v) is 10.5. The molecule has 2 fully saturated rings. The number of halogens is 1. The van der Waals surface area contributed by atoms with Crippen molar-refractivity contribution in [2.45, 2.75) is 39.2 Å². The normalized spacial score (nSPS) is 20.7. The summed E-state index contributed by atoms with van der Waals surface area (Å²) in [4.78, 5) is 14.3. The molecule has 29 heavy (non-hydrogen) atoms. The molecule has 2 aromatic heterocycles. The minimum absolute atomic E-state index is 0. The topological polar surface area (TPSA) is 85.6 Å². The molecule has 2 aliphatic heterocycles. The fraction of sp³-hybridized carbons (Fsp3) is 0.650. The van der Waals surface area contributed by atoms with Crippen LogP contribution in [0.3, 0.4) is 0 Å². The molecule has 160 valence electrons. The average Bonchev–Trinajstić information content (AvgIpc) is 3.47. The maximum absolute atomic E-state index is 5.35. The van der Waals surface area contributed by atoms with Gasteiger partial charge in [0.2, 0.25) is 5.82 Å². The fourth-order valence-electron chi connectivity index (χ4n) is 4.14. The number of aromatic amines is 1. The lowest BCUT2D eigenvalue weighted by Crippen LogP contribution is -2.41. The molecule has 0 radical (unpaired) electrons. The van der Waals surface area contributed by atoms with Gasteiger partial charge in [-0.2, -0.15) is 0 Å². The van der Waals surface area contributed by atoms with E-state index in [0.29, 0.717) is 18.1 Å². The molecule has 0 saturated carbocycles. The Morgan fingerprint density at radius 3 is 2.93 bits per heavy atom. The van der Waals surface area contributed by atoms with Crippen LogP contribution in [0, 0.1) is 5.92 Å². The van der Waals surface area contributed by atoms with Crippen molar-refractivity contribution in [1.82, 2.24) is 30.3 Å². The van der Waals surface area contributed by atoms with Crippen molar-refractivity contribution in [1.29, 1.82) is 0 Å². The van der Waals surface area contributed by atoms with Crippen LogP contribution in [0.2, 0.25) is 0 Å². The smallest absolute Gasteiger partial charge is 0.216 e. The van der Waals surface area contributed by atoms with Crippen LogP contribution in [0.15, 0.2) is 27.8 Å². The number of guanidine groups is 1. The molecule has 0 amide bonds. The summed E-state index contributed by atoms with van der Waals surface area (Å²) in [5.41, 5.74) is 0. The minimum Gasteiger partial charge on any atom is -0.461 e. The van der Waals surface area contributed by atoms with E-state index in [9.17, 15) is 0 Å². The lowest BCUT2D eigenvalue weighted by atomic mass is 10.1. The van der Waals surface area contributed by atoms with E-state index in [1.165, 1.54) is 45.3 Å². The van der Waals surface area contributed by atoms with Crippen molar-refractivity contribution in [2.75, 3.05) is 39.3 Å². The van der Waals surface area contributed by atoms with Crippen molar-refractivity contribution in [3.05, 3.63) is 24.2 Å². The molecule has 9 heteroatoms. The SMILES string of the molecule is CCNC(=NCc1nc(-c2ccco2)n[nH]1)N1CCC(CN2CCCCC2)C1.I. The Kier molecular flexibility index (Phi) is 8.34. The van der Waals surface area contributed by atoms with Gasteiger partial charge in [0.25, 0.3) is 0 Å². The summed E-state index contributed by atoms with van der Waals surface area (Å²) in [7, 11) is 0. The molecule has 0 aliphatic carbocycles. The van der Waals surface area contributed by atoms with E-state index < -0.39 is 0 Å². The zero-order chi connectivity index (χ0) is 19.2. The molecule has 1 atom stereocenters. The maximum Gasteiger partial charge on any atom is 0.216 e. The van der Waals surface area contributed by atoms with Gasteiger partial charge in [0.1, 0.15) is 12.4 Å². The predicted octanol–water partition coefficient (Wildman–Crippen LogP) is 2.96. The zero-order valence-corrected chi connectivity index (χ0v) is 19.5. The Bertz CT molecular complexity index is 755. The number of likely N-dealkylation sites (tertiary alicyclic amines) is 2. The van der Waals surface area contributed by atoms with Crippen LogP contribution in [0.5, 0.6) is 0 Å². The number of piperidine rings is 1. The molecule has 4 heterocycles. The third-order valence-electron chi connectivity index (χ3n) is 5.54. The Balaban J connectivity index is 0.00000240. The summed E-state index contributed by atoms with van der Waals surface area (Å²) in [5, 5.41) is 10.6. The lowest BCUT2D eigenvalue weighted by molar-refractivity contribution is 0.198. The first-order valence-electron chi connectivity index (χ1n) is 10.5. The Morgan fingerprint density at radius 2 is 2.17 bits per heavy atom. The van der Waals surface area contributed by atoms with Gasteiger partial charge in [-0.25, -0.2) is 9.98 Å². The van der Waals surface area contributed by atoms with E-state index in [-0.39, 0.29) is 24.0 Å². The van der Waals surface area contributed by atoms with Crippen LogP contribution < -0.4 is 5.32 Å². The zero-order valence-electron chi connectivity index (χ0n) is 17.1. The van der Waals surface area contributed by atoms with Crippen molar-refractivity contribution in [3.8, 4) is 11.6 Å². The number of nitrogens with zero attached hydrogens (tertiary/aromatic N) is 5. The van der Waals surface area contributed by atoms with E-state index in [0.717, 1.165) is 37.3 Å². The average molecular weight is 513 g/mol. The monoisotopic (exact) mass is 513 g/mol. The standard InChI is InChI=1S/C20H31N7O.HI/c1-2-21-20(22-13-18-23-19(25-24-18)17-7-6-12-28-17)27-11-8-16(15-27)14-26-9-4-3-5-10-26;/h6-7,12,16H,2-5,8-11,13-15H2,1H3,(H,21,22)(H,23,24,25);1H. The van der Waals surface area contributed by atoms with Gasteiger partial charge in [-0.05, 0) is 57.3 Å². The Morgan fingerprint density at radius 1 is 1.31 bits per heavy atom. The van der Waals surface area contributed by atoms with E-state index in [4.69, 9.17) is 9.41 Å². The summed E-state index contributed by atoms with van der Waals surface area (Å²) in [6.07, 6.45) is 6.98. The lowest BCUT2D eigenvalue weighted by Gasteiger charge is -2.29. The first-order chi connectivity index (χ1) is 13.8. The summed E-state index contributed by atoms with van der Waals surface area (Å²) < 4.78 is 5.35. The van der Waals surface area contributed by atoms with Crippen molar-refractivity contribution in [3.63, 3.8) is 0 Å². The molecule has 1 unspecified atom stereocenters. The molecular weight excluding hydrogens is 481 g/mol. The number of aliphatic imine (C=N–C) groups is 1. The van der Waals surface area contributed by atoms with Crippen molar-refractivity contribution < 1.29 is 4.42 Å². The molecule has 2 N–H and O–H groups in total. The number of hydrogen-bond acceptors (Lipinski definition) is 5. The summed E-state index contributed by atoms with van der Waals surface area (Å²) in [6, 6.07) is 3.69. The molecule has 2 aromatic rings. The Labute approximate surface area is 189 Å². The van der Waals surface area contributed by atoms with Crippen LogP contribution in [-0.4, -0.2) is 70.2 Å². The quantitative estimate of drug-likeness (QED) is 0.351. The summed E-state index contributed by atoms with van der Waals surface area (Å²) in [6.45, 7) is 9.37. The van der Waals surface area contributed by atoms with Gasteiger partial charge in [0.05, 0.1) is 6.26 Å². The molecule has 0 bridgehead atoms. The minimum atomic E-state index is 0. The number of rotatable bonds is 6. The number of H-pyrrole nitrogens is 1. The molecule has 4 rings (SSSR count). The highest BCUT2D eigenvalue weighted by molar-refractivity contribution is 14.0. The van der Waals surface area contributed by atoms with Gasteiger partial charge in [0, 0.05) is 26.2 Å². The van der Waals surface area contributed by atoms with Crippen LogP contribution in [0.1, 0.15) is 38.4 Å². The van der Waals surface area contributed by atoms with E-state index in [1.807, 2.05) is 12.1 Å². The van der Waals surface area contributed by atoms with Gasteiger partial charge in [-0.1, -0.05) is 6.42 Å². The highest BCUT2D eigenvalue weighted by atomic mass is 127. The molecule has 2 saturated heterocycles. The van der Waals surface area contributed by atoms with E-state index in [1.54, 1.807) is 6.26 Å². The highest BCUT2D eigenvalue weighted by Gasteiger charge is 2.27. The second-order valence-electron chi connectivity index (χ2n) is 7.72. The van der Waals surface area contributed by atoms with Gasteiger partial charge in [0.15, 0.2) is 11.7 Å².